The summed E-state index contributed by atoms with van der Waals surface area (Å²) in [6, 6.07) is 9.30. The van der Waals surface area contributed by atoms with Gasteiger partial charge in [-0.25, -0.2) is 27.2 Å². The highest BCUT2D eigenvalue weighted by Gasteiger charge is 2.25. The average Bonchev–Trinajstić information content (AvgIpc) is 2.81. The van der Waals surface area contributed by atoms with E-state index in [2.05, 4.69) is 20.0 Å². The highest BCUT2D eigenvalue weighted by molar-refractivity contribution is 7.92. The Morgan fingerprint density at radius 1 is 1.14 bits per heavy atom. The molecule has 2 heterocycles. The van der Waals surface area contributed by atoms with Crippen LogP contribution in [0.1, 0.15) is 13.8 Å². The van der Waals surface area contributed by atoms with Gasteiger partial charge < -0.3 is 20.7 Å². The fourth-order valence-electron chi connectivity index (χ4n) is 3.74. The largest absolute Gasteiger partial charge is 0.486 e. The lowest BCUT2D eigenvalue weighted by molar-refractivity contribution is 0.287. The van der Waals surface area contributed by atoms with E-state index in [4.69, 9.17) is 10.5 Å². The summed E-state index contributed by atoms with van der Waals surface area (Å²) < 4.78 is 61.2. The van der Waals surface area contributed by atoms with Gasteiger partial charge in [0.15, 0.2) is 17.4 Å². The number of hydrogen-bond acceptors (Lipinski definition) is 8. The third-order valence-electron chi connectivity index (χ3n) is 5.35. The molecule has 0 saturated heterocycles. The minimum Gasteiger partial charge on any atom is -0.486 e. The molecule has 0 amide bonds. The van der Waals surface area contributed by atoms with Crippen LogP contribution in [0, 0.1) is 11.6 Å². The van der Waals surface area contributed by atoms with Crippen LogP contribution in [-0.4, -0.2) is 49.9 Å². The standard InChI is InChI=1S/C23H26F2N6O3S/c1-14(2)31-8-9-34-22-18(24)11-15(12-20(22)31)21-19(25)13-27-23(29-21)28-16-3-5-17(6-4-16)30-35(32,33)10-7-26/h3-6,11-14,30H,7-10,26H2,1-2H3,(H,27,28,29). The van der Waals surface area contributed by atoms with Gasteiger partial charge in [0, 0.05) is 29.5 Å². The van der Waals surface area contributed by atoms with Crippen LogP contribution in [0.3, 0.4) is 0 Å². The van der Waals surface area contributed by atoms with Crippen LogP contribution >= 0.6 is 0 Å². The van der Waals surface area contributed by atoms with Crippen molar-refractivity contribution in [2.45, 2.75) is 19.9 Å². The molecule has 1 aliphatic rings. The van der Waals surface area contributed by atoms with Gasteiger partial charge in [0.05, 0.1) is 24.2 Å². The fourth-order valence-corrected chi connectivity index (χ4v) is 4.65. The van der Waals surface area contributed by atoms with Crippen molar-refractivity contribution in [2.24, 2.45) is 5.73 Å². The molecule has 35 heavy (non-hydrogen) atoms. The lowest BCUT2D eigenvalue weighted by Crippen LogP contribution is -2.38. The maximum Gasteiger partial charge on any atom is 0.233 e. The maximum absolute atomic E-state index is 14.8. The summed E-state index contributed by atoms with van der Waals surface area (Å²) in [5.74, 6) is -1.25. The van der Waals surface area contributed by atoms with Gasteiger partial charge in [-0.1, -0.05) is 0 Å². The van der Waals surface area contributed by atoms with E-state index in [1.54, 1.807) is 30.3 Å². The number of rotatable bonds is 8. The van der Waals surface area contributed by atoms with Crippen molar-refractivity contribution in [3.05, 3.63) is 54.2 Å². The summed E-state index contributed by atoms with van der Waals surface area (Å²) in [5, 5.41) is 2.95. The van der Waals surface area contributed by atoms with Crippen LogP contribution in [0.2, 0.25) is 0 Å². The van der Waals surface area contributed by atoms with Crippen LogP contribution in [0.25, 0.3) is 11.3 Å². The first-order chi connectivity index (χ1) is 16.7. The summed E-state index contributed by atoms with van der Waals surface area (Å²) in [5.41, 5.74) is 6.95. The van der Waals surface area contributed by atoms with Crippen molar-refractivity contribution in [1.29, 1.82) is 0 Å². The molecule has 0 radical (unpaired) electrons. The molecule has 0 unspecified atom stereocenters. The lowest BCUT2D eigenvalue weighted by atomic mass is 10.1. The van der Waals surface area contributed by atoms with Crippen molar-refractivity contribution < 1.29 is 21.9 Å². The van der Waals surface area contributed by atoms with Gasteiger partial charge >= 0.3 is 0 Å². The number of aromatic nitrogens is 2. The molecule has 0 atom stereocenters. The summed E-state index contributed by atoms with van der Waals surface area (Å²) in [6.07, 6.45) is 1.01. The average molecular weight is 505 g/mol. The number of sulfonamides is 1. The van der Waals surface area contributed by atoms with Gasteiger partial charge in [-0.05, 0) is 50.2 Å². The number of anilines is 4. The molecule has 0 spiro atoms. The lowest BCUT2D eigenvalue weighted by Gasteiger charge is -2.34. The summed E-state index contributed by atoms with van der Waals surface area (Å²) >= 11 is 0. The zero-order chi connectivity index (χ0) is 25.2. The third kappa shape index (κ3) is 5.60. The maximum atomic E-state index is 14.8. The quantitative estimate of drug-likeness (QED) is 0.426. The van der Waals surface area contributed by atoms with E-state index >= 15 is 0 Å². The molecule has 0 saturated carbocycles. The fraction of sp³-hybridized carbons (Fsp3) is 0.304. The smallest absolute Gasteiger partial charge is 0.233 e. The van der Waals surface area contributed by atoms with E-state index in [1.807, 2.05) is 18.7 Å². The monoisotopic (exact) mass is 504 g/mol. The molecule has 9 nitrogen and oxygen atoms in total. The van der Waals surface area contributed by atoms with Crippen LogP contribution < -0.4 is 25.4 Å². The number of nitrogens with two attached hydrogens (primary N) is 1. The van der Waals surface area contributed by atoms with Crippen molar-refractivity contribution in [3.63, 3.8) is 0 Å². The first-order valence-electron chi connectivity index (χ1n) is 11.0. The van der Waals surface area contributed by atoms with Gasteiger partial charge in [0.1, 0.15) is 12.3 Å². The van der Waals surface area contributed by atoms with E-state index in [1.165, 1.54) is 6.07 Å². The SMILES string of the molecule is CC(C)N1CCOc2c(F)cc(-c3nc(Nc4ccc(NS(=O)(=O)CCN)cc4)ncc3F)cc21. The van der Waals surface area contributed by atoms with E-state index in [0.717, 1.165) is 6.20 Å². The van der Waals surface area contributed by atoms with E-state index in [0.29, 0.717) is 30.2 Å². The Balaban J connectivity index is 1.60. The second-order valence-electron chi connectivity index (χ2n) is 8.24. The minimum absolute atomic E-state index is 0.00978. The molecular weight excluding hydrogens is 478 g/mol. The van der Waals surface area contributed by atoms with E-state index in [-0.39, 0.29) is 41.3 Å². The zero-order valence-electron chi connectivity index (χ0n) is 19.3. The molecule has 0 aliphatic carbocycles. The normalized spacial score (nSPS) is 13.4. The van der Waals surface area contributed by atoms with Gasteiger partial charge in [-0.15, -0.1) is 0 Å². The van der Waals surface area contributed by atoms with Gasteiger partial charge in [-0.3, -0.25) is 4.72 Å². The predicted octanol–water partition coefficient (Wildman–Crippen LogP) is 3.47. The van der Waals surface area contributed by atoms with Crippen LogP contribution in [0.4, 0.5) is 31.8 Å². The number of hydrogen-bond donors (Lipinski definition) is 3. The van der Waals surface area contributed by atoms with Crippen molar-refractivity contribution >= 4 is 33.0 Å². The Morgan fingerprint density at radius 3 is 2.54 bits per heavy atom. The van der Waals surface area contributed by atoms with Crippen molar-refractivity contribution in [3.8, 4) is 17.0 Å². The molecule has 0 bridgehead atoms. The van der Waals surface area contributed by atoms with Crippen LogP contribution in [-0.2, 0) is 10.0 Å². The summed E-state index contributed by atoms with van der Waals surface area (Å²) in [7, 11) is -3.52. The Labute approximate surface area is 202 Å². The van der Waals surface area contributed by atoms with Crippen molar-refractivity contribution in [2.75, 3.05) is 40.4 Å². The minimum atomic E-state index is -3.52. The topological polar surface area (TPSA) is 122 Å². The first-order valence-corrected chi connectivity index (χ1v) is 12.7. The number of nitrogens with one attached hydrogen (secondary N) is 2. The number of nitrogens with zero attached hydrogens (tertiary/aromatic N) is 3. The Kier molecular flexibility index (Phi) is 7.03. The molecule has 12 heteroatoms. The molecule has 0 fully saturated rings. The van der Waals surface area contributed by atoms with E-state index in [9.17, 15) is 17.2 Å². The summed E-state index contributed by atoms with van der Waals surface area (Å²) in [6.45, 7) is 4.94. The van der Waals surface area contributed by atoms with Crippen molar-refractivity contribution in [1.82, 2.24) is 9.97 Å². The number of ether oxygens (including phenoxy) is 1. The zero-order valence-corrected chi connectivity index (χ0v) is 20.1. The molecular formula is C23H26F2N6O3S. The number of halogens is 2. The molecule has 4 rings (SSSR count). The summed E-state index contributed by atoms with van der Waals surface area (Å²) in [4.78, 5) is 10.2. The van der Waals surface area contributed by atoms with Gasteiger partial charge in [0.2, 0.25) is 16.0 Å². The number of benzene rings is 2. The van der Waals surface area contributed by atoms with Gasteiger partial charge in [-0.2, -0.15) is 0 Å². The molecule has 1 aromatic heterocycles. The molecule has 186 valence electrons. The van der Waals surface area contributed by atoms with E-state index < -0.39 is 21.7 Å². The van der Waals surface area contributed by atoms with Crippen LogP contribution in [0.5, 0.6) is 5.75 Å². The van der Waals surface area contributed by atoms with Crippen LogP contribution in [0.15, 0.2) is 42.6 Å². The Morgan fingerprint density at radius 2 is 1.86 bits per heavy atom. The molecule has 2 aromatic carbocycles. The Bertz CT molecular complexity index is 1320. The molecule has 1 aliphatic heterocycles. The number of fused-ring (bicyclic) bond motifs is 1. The van der Waals surface area contributed by atoms with Gasteiger partial charge in [0.25, 0.3) is 0 Å². The highest BCUT2D eigenvalue weighted by atomic mass is 32.2. The molecule has 4 N–H and O–H groups in total. The highest BCUT2D eigenvalue weighted by Crippen LogP contribution is 2.39. The first kappa shape index (κ1) is 24.6. The third-order valence-corrected chi connectivity index (χ3v) is 6.67. The second-order valence-corrected chi connectivity index (χ2v) is 10.1. The Hall–Kier alpha value is -3.51. The molecule has 3 aromatic rings. The predicted molar refractivity (Wildman–Crippen MR) is 132 cm³/mol. The second kappa shape index (κ2) is 10.0.